The molecule has 0 aromatic heterocycles. The van der Waals surface area contributed by atoms with Crippen LogP contribution in [-0.2, 0) is 64.2 Å². The summed E-state index contributed by atoms with van der Waals surface area (Å²) in [4.78, 5) is 114. The largest absolute Gasteiger partial charge is 0.487 e. The molecule has 84 heavy (non-hydrogen) atoms. The van der Waals surface area contributed by atoms with Crippen molar-refractivity contribution in [3.8, 4) is 16.9 Å². The van der Waals surface area contributed by atoms with Gasteiger partial charge >= 0.3 is 18.0 Å². The van der Waals surface area contributed by atoms with Crippen molar-refractivity contribution in [1.82, 2.24) is 36.2 Å². The Labute approximate surface area is 494 Å². The van der Waals surface area contributed by atoms with Crippen molar-refractivity contribution in [3.05, 3.63) is 81.9 Å². The van der Waals surface area contributed by atoms with E-state index in [9.17, 15) is 51.9 Å². The molecule has 458 valence electrons. The topological polar surface area (TPSA) is 342 Å². The number of aliphatic imine (C=N–C) groups is 1. The number of esters is 1. The van der Waals surface area contributed by atoms with Crippen molar-refractivity contribution in [2.24, 2.45) is 10.7 Å². The Balaban J connectivity index is 1.17. The number of carboxylic acids is 1. The lowest BCUT2D eigenvalue weighted by Crippen LogP contribution is -2.59. The first-order valence-corrected chi connectivity index (χ1v) is 30.2. The highest BCUT2D eigenvalue weighted by atomic mass is 32.2. The molecule has 3 aromatic rings. The van der Waals surface area contributed by atoms with Crippen molar-refractivity contribution < 1.29 is 70.8 Å². The number of thioether (sulfide) groups is 1. The number of hydrogen-bond acceptors (Lipinski definition) is 16. The van der Waals surface area contributed by atoms with E-state index in [1.54, 1.807) is 62.3 Å². The van der Waals surface area contributed by atoms with Crippen LogP contribution in [0.3, 0.4) is 0 Å². The van der Waals surface area contributed by atoms with Crippen molar-refractivity contribution in [3.63, 3.8) is 0 Å². The molecule has 0 spiro atoms. The van der Waals surface area contributed by atoms with Crippen LogP contribution in [0.1, 0.15) is 121 Å². The van der Waals surface area contributed by atoms with Gasteiger partial charge in [-0.3, -0.25) is 43.5 Å². The number of hydrogen-bond donors (Lipinski definition) is 8. The van der Waals surface area contributed by atoms with Crippen LogP contribution in [0.2, 0.25) is 0 Å². The molecule has 1 aliphatic carbocycles. The Kier molecular flexibility index (Phi) is 21.2. The molecule has 0 bridgehead atoms. The molecule has 0 unspecified atom stereocenters. The van der Waals surface area contributed by atoms with Gasteiger partial charge in [0.05, 0.1) is 29.4 Å². The molecule has 1 saturated heterocycles. The Morgan fingerprint density at radius 1 is 0.821 bits per heavy atom. The fourth-order valence-corrected chi connectivity index (χ4v) is 12.6. The first kappa shape index (κ1) is 65.7. The fourth-order valence-electron chi connectivity index (χ4n) is 9.93. The number of sulfonamides is 1. The van der Waals surface area contributed by atoms with Gasteiger partial charge in [0, 0.05) is 30.2 Å². The predicted octanol–water partition coefficient (Wildman–Crippen LogP) is 3.73. The summed E-state index contributed by atoms with van der Waals surface area (Å²) in [5, 5.41) is 21.6. The first-order valence-electron chi connectivity index (χ1n) is 27.6. The number of guanidine groups is 1. The van der Waals surface area contributed by atoms with Crippen LogP contribution >= 0.6 is 11.8 Å². The molecular formula is C58H79N9O15S2. The maximum absolute atomic E-state index is 14.5. The lowest BCUT2D eigenvalue weighted by Gasteiger charge is -2.28. The highest BCUT2D eigenvalue weighted by molar-refractivity contribution is 7.99. The van der Waals surface area contributed by atoms with E-state index in [0.717, 1.165) is 27.8 Å². The van der Waals surface area contributed by atoms with E-state index in [-0.39, 0.29) is 48.4 Å². The molecule has 6 amide bonds. The number of carbonyl (C=O) groups excluding carboxylic acids is 7. The number of carbonyl (C=O) groups is 8. The molecule has 5 atom stereocenters. The monoisotopic (exact) mass is 1210 g/mol. The summed E-state index contributed by atoms with van der Waals surface area (Å²) in [5.74, 6) is -6.72. The zero-order valence-corrected chi connectivity index (χ0v) is 51.2. The molecular weight excluding hydrogens is 1130 g/mol. The van der Waals surface area contributed by atoms with Crippen molar-refractivity contribution in [2.45, 2.75) is 167 Å². The molecule has 1 fully saturated rings. The average Bonchev–Trinajstić information content (AvgIpc) is 1.69. The molecule has 26 heteroatoms. The van der Waals surface area contributed by atoms with Crippen molar-refractivity contribution >= 4 is 75.3 Å². The molecule has 9 N–H and O–H groups in total. The van der Waals surface area contributed by atoms with Crippen LogP contribution in [-0.4, -0.2) is 157 Å². The lowest BCUT2D eigenvalue weighted by molar-refractivity contribution is -0.156. The summed E-state index contributed by atoms with van der Waals surface area (Å²) in [5.41, 5.74) is 10.2. The van der Waals surface area contributed by atoms with Gasteiger partial charge in [-0.1, -0.05) is 48.5 Å². The van der Waals surface area contributed by atoms with Gasteiger partial charge < -0.3 is 56.4 Å². The SMILES string of the molecule is Cc1c(C)c(S(=O)(=O)NC(N)=NCCC[C@H](NC(=O)[C@H](CC(=O)OC(C)(C)C)NC(=O)[C@H](C)NC(=O)[C@@H]2CSCN2C(=O)OCC2c3ccccc3-c3ccccc32)C(=O)N[C@@H](COC(C)(C)C)C(=O)NCC(=O)O)c(C)c2c1OC(C)(C)C2. The number of rotatable bonds is 23. The number of nitrogens with two attached hydrogens (primary N) is 1. The number of carboxylic acid groups (broad SMARTS) is 1. The van der Waals surface area contributed by atoms with E-state index in [1.165, 1.54) is 23.6 Å². The summed E-state index contributed by atoms with van der Waals surface area (Å²) in [7, 11) is -4.30. The van der Waals surface area contributed by atoms with Crippen LogP contribution in [0.4, 0.5) is 4.79 Å². The molecule has 3 aliphatic rings. The van der Waals surface area contributed by atoms with E-state index < -0.39 is 130 Å². The highest BCUT2D eigenvalue weighted by Gasteiger charge is 2.41. The number of amides is 6. The van der Waals surface area contributed by atoms with E-state index >= 15 is 0 Å². The van der Waals surface area contributed by atoms with Gasteiger partial charge in [0.15, 0.2) is 0 Å². The number of nitrogens with zero attached hydrogens (tertiary/aromatic N) is 2. The summed E-state index contributed by atoms with van der Waals surface area (Å²) < 4.78 is 53.4. The Bertz CT molecular complexity index is 3130. The second kappa shape index (κ2) is 27.1. The molecule has 24 nitrogen and oxygen atoms in total. The fraction of sp³-hybridized carbons (Fsp3) is 0.534. The second-order valence-corrected chi connectivity index (χ2v) is 26.2. The Morgan fingerprint density at radius 3 is 2.02 bits per heavy atom. The van der Waals surface area contributed by atoms with Crippen molar-refractivity contribution in [2.75, 3.05) is 37.9 Å². The molecule has 0 saturated carbocycles. The zero-order chi connectivity index (χ0) is 62.2. The van der Waals surface area contributed by atoms with E-state index in [1.807, 2.05) is 62.4 Å². The number of benzene rings is 3. The van der Waals surface area contributed by atoms with Gasteiger partial charge in [0.25, 0.3) is 10.0 Å². The van der Waals surface area contributed by atoms with Crippen LogP contribution < -0.4 is 41.8 Å². The highest BCUT2D eigenvalue weighted by Crippen LogP contribution is 2.45. The minimum absolute atomic E-state index is 0.0111. The molecule has 2 aliphatic heterocycles. The van der Waals surface area contributed by atoms with Gasteiger partial charge in [0.2, 0.25) is 35.5 Å². The van der Waals surface area contributed by atoms with E-state index in [0.29, 0.717) is 28.9 Å². The minimum Gasteiger partial charge on any atom is -0.487 e. The van der Waals surface area contributed by atoms with Crippen LogP contribution in [0, 0.1) is 20.8 Å². The molecule has 2 heterocycles. The lowest BCUT2D eigenvalue weighted by atomic mass is 9.94. The number of ether oxygens (including phenoxy) is 4. The quantitative estimate of drug-likeness (QED) is 0.0290. The average molecular weight is 1210 g/mol. The van der Waals surface area contributed by atoms with Gasteiger partial charge in [-0.15, -0.1) is 11.8 Å². The van der Waals surface area contributed by atoms with Crippen LogP contribution in [0.25, 0.3) is 11.1 Å². The van der Waals surface area contributed by atoms with Gasteiger partial charge in [-0.25, -0.2) is 17.9 Å². The number of nitrogens with one attached hydrogen (secondary N) is 6. The summed E-state index contributed by atoms with van der Waals surface area (Å²) in [6.45, 7) is 18.6. The van der Waals surface area contributed by atoms with Crippen LogP contribution in [0.15, 0.2) is 58.4 Å². The Hall–Kier alpha value is -7.45. The molecule has 6 rings (SSSR count). The number of fused-ring (bicyclic) bond motifs is 4. The first-order chi connectivity index (χ1) is 39.2. The standard InChI is InChI=1S/C58H79N9O15S2/c1-31-32(2)48(33(3)39-25-58(11,12)82-47(31)39)84(77,78)66-54(59)60-23-17-22-41(51(73)65-43(28-80-56(5,6)7)50(72)61-26-45(68)69)63-52(74)42(24-46(70)81-57(8,9)10)64-49(71)34(4)62-53(75)44-29-83-30-67(44)55(76)79-27-40-37-20-15-13-18-35(37)36-19-14-16-21-38(36)40/h13-16,18-21,34,40-44H,17,22-30H2,1-12H3,(H,61,72)(H,62,75)(H,63,74)(H,64,71)(H,65,73)(H,68,69)(H3,59,60,66)/t34-,41-,42-,43-,44-/m0/s1. The predicted molar refractivity (Wildman–Crippen MR) is 313 cm³/mol. The van der Waals surface area contributed by atoms with Crippen molar-refractivity contribution in [1.29, 1.82) is 0 Å². The third-order valence-electron chi connectivity index (χ3n) is 14.0. The van der Waals surface area contributed by atoms with Crippen LogP contribution in [0.5, 0.6) is 5.75 Å². The van der Waals surface area contributed by atoms with Gasteiger partial charge in [0.1, 0.15) is 60.3 Å². The molecule has 0 radical (unpaired) electrons. The zero-order valence-electron chi connectivity index (χ0n) is 49.6. The van der Waals surface area contributed by atoms with Gasteiger partial charge in [-0.05, 0) is 135 Å². The summed E-state index contributed by atoms with van der Waals surface area (Å²) in [6.07, 6.45) is -1.37. The van der Waals surface area contributed by atoms with E-state index in [2.05, 4.69) is 36.3 Å². The summed E-state index contributed by atoms with van der Waals surface area (Å²) >= 11 is 1.31. The summed E-state index contributed by atoms with van der Waals surface area (Å²) in [6, 6.07) is 8.45. The third-order valence-corrected chi connectivity index (χ3v) is 16.7. The smallest absolute Gasteiger partial charge is 0.411 e. The molecule has 3 aromatic carbocycles. The normalized spacial score (nSPS) is 17.0. The maximum Gasteiger partial charge on any atom is 0.411 e. The van der Waals surface area contributed by atoms with E-state index in [4.69, 9.17) is 24.7 Å². The Morgan fingerprint density at radius 2 is 1.42 bits per heavy atom. The van der Waals surface area contributed by atoms with Gasteiger partial charge in [-0.2, -0.15) is 0 Å². The minimum atomic E-state index is -4.30. The second-order valence-electron chi connectivity index (χ2n) is 23.6. The number of aliphatic carboxylic acids is 1. The maximum atomic E-state index is 14.5. The third kappa shape index (κ3) is 17.1.